The molecule has 28 heavy (non-hydrogen) atoms. The monoisotopic (exact) mass is 371 g/mol. The lowest BCUT2D eigenvalue weighted by atomic mass is 10.1. The molecule has 5 heteroatoms. The van der Waals surface area contributed by atoms with Crippen molar-refractivity contribution in [1.29, 1.82) is 0 Å². The van der Waals surface area contributed by atoms with Gasteiger partial charge in [0.05, 0.1) is 18.4 Å². The van der Waals surface area contributed by atoms with Crippen molar-refractivity contribution < 1.29 is 9.84 Å². The zero-order chi connectivity index (χ0) is 19.9. The largest absolute Gasteiger partial charge is 0.507 e. The van der Waals surface area contributed by atoms with Crippen molar-refractivity contribution in [1.82, 2.24) is 0 Å². The van der Waals surface area contributed by atoms with Crippen LogP contribution in [0.3, 0.4) is 0 Å². The summed E-state index contributed by atoms with van der Waals surface area (Å²) in [6, 6.07) is 23.7. The quantitative estimate of drug-likeness (QED) is 0.520. The van der Waals surface area contributed by atoms with Crippen molar-refractivity contribution in [2.45, 2.75) is 0 Å². The van der Waals surface area contributed by atoms with Gasteiger partial charge in [0.1, 0.15) is 17.3 Å². The molecular weight excluding hydrogens is 350 g/mol. The Bertz CT molecular complexity index is 1040. The van der Waals surface area contributed by atoms with E-state index >= 15 is 0 Å². The molecule has 140 valence electrons. The average Bonchev–Trinajstić information content (AvgIpc) is 2.74. The summed E-state index contributed by atoms with van der Waals surface area (Å²) in [5.74, 6) is 1.27. The van der Waals surface area contributed by atoms with E-state index in [1.165, 1.54) is 0 Å². The van der Waals surface area contributed by atoms with Gasteiger partial charge in [-0.2, -0.15) is 0 Å². The number of amidine groups is 2. The van der Waals surface area contributed by atoms with Crippen molar-refractivity contribution in [3.05, 3.63) is 102 Å². The van der Waals surface area contributed by atoms with Gasteiger partial charge in [0, 0.05) is 11.1 Å². The van der Waals surface area contributed by atoms with Gasteiger partial charge in [-0.15, -0.1) is 0 Å². The second-order valence-electron chi connectivity index (χ2n) is 5.96. The smallest absolute Gasteiger partial charge is 0.162 e. The summed E-state index contributed by atoms with van der Waals surface area (Å²) in [6.45, 7) is 4.07. The molecule has 0 saturated carbocycles. The van der Waals surface area contributed by atoms with Crippen LogP contribution in [0.2, 0.25) is 0 Å². The predicted molar refractivity (Wildman–Crippen MR) is 114 cm³/mol. The molecule has 0 aliphatic heterocycles. The van der Waals surface area contributed by atoms with Crippen LogP contribution >= 0.6 is 0 Å². The maximum absolute atomic E-state index is 10.1. The molecule has 3 N–H and O–H groups in total. The third kappa shape index (κ3) is 4.27. The summed E-state index contributed by atoms with van der Waals surface area (Å²) in [6.07, 6.45) is 0. The SMILES string of the molecule is C=C(/N=C(\N=C(/N)c1ccccc1O)c1ccccc1)c1ccccc1OC. The summed E-state index contributed by atoms with van der Waals surface area (Å²) in [4.78, 5) is 9.10. The topological polar surface area (TPSA) is 80.2 Å². The number of aromatic hydroxyl groups is 1. The summed E-state index contributed by atoms with van der Waals surface area (Å²) in [5.41, 5.74) is 8.62. The highest BCUT2D eigenvalue weighted by Gasteiger charge is 2.11. The first-order valence-corrected chi connectivity index (χ1v) is 8.69. The number of hydrogen-bond acceptors (Lipinski definition) is 3. The van der Waals surface area contributed by atoms with E-state index in [0.717, 1.165) is 11.1 Å². The van der Waals surface area contributed by atoms with Gasteiger partial charge in [0.25, 0.3) is 0 Å². The van der Waals surface area contributed by atoms with E-state index in [-0.39, 0.29) is 11.6 Å². The van der Waals surface area contributed by atoms with Gasteiger partial charge >= 0.3 is 0 Å². The Morgan fingerprint density at radius 2 is 1.46 bits per heavy atom. The van der Waals surface area contributed by atoms with Crippen molar-refractivity contribution in [2.75, 3.05) is 7.11 Å². The van der Waals surface area contributed by atoms with E-state index < -0.39 is 0 Å². The number of para-hydroxylation sites is 2. The molecule has 0 unspecified atom stereocenters. The van der Waals surface area contributed by atoms with Crippen LogP contribution in [0, 0.1) is 0 Å². The molecule has 5 nitrogen and oxygen atoms in total. The molecule has 0 aromatic heterocycles. The number of hydrogen-bond donors (Lipinski definition) is 2. The standard InChI is InChI=1S/C23H21N3O2/c1-16(18-12-7-9-15-21(18)28-2)25-23(17-10-4-3-5-11-17)26-22(24)19-13-6-8-14-20(19)27/h3-15,27H,1H2,2H3,(H2,24,25,26). The number of nitrogens with zero attached hydrogens (tertiary/aromatic N) is 2. The molecular formula is C23H21N3O2. The summed E-state index contributed by atoms with van der Waals surface area (Å²) >= 11 is 0. The third-order valence-electron chi connectivity index (χ3n) is 4.10. The Morgan fingerprint density at radius 3 is 2.14 bits per heavy atom. The molecule has 0 aliphatic rings. The fourth-order valence-electron chi connectivity index (χ4n) is 2.68. The zero-order valence-electron chi connectivity index (χ0n) is 15.5. The molecule has 0 atom stereocenters. The highest BCUT2D eigenvalue weighted by Crippen LogP contribution is 2.26. The van der Waals surface area contributed by atoms with Gasteiger partial charge in [-0.1, -0.05) is 61.2 Å². The number of aliphatic imine (C=N–C) groups is 2. The first-order valence-electron chi connectivity index (χ1n) is 8.69. The summed E-state index contributed by atoms with van der Waals surface area (Å²) in [5, 5.41) is 10.1. The number of methoxy groups -OCH3 is 1. The van der Waals surface area contributed by atoms with Gasteiger partial charge in [-0.25, -0.2) is 9.98 Å². The van der Waals surface area contributed by atoms with Crippen LogP contribution in [0.25, 0.3) is 5.70 Å². The van der Waals surface area contributed by atoms with Crippen molar-refractivity contribution in [3.8, 4) is 11.5 Å². The second-order valence-corrected chi connectivity index (χ2v) is 5.96. The van der Waals surface area contributed by atoms with E-state index in [9.17, 15) is 5.11 Å². The summed E-state index contributed by atoms with van der Waals surface area (Å²) < 4.78 is 5.40. The molecule has 0 heterocycles. The minimum Gasteiger partial charge on any atom is -0.507 e. The third-order valence-corrected chi connectivity index (χ3v) is 4.10. The number of nitrogens with two attached hydrogens (primary N) is 1. The molecule has 0 saturated heterocycles. The van der Waals surface area contributed by atoms with Crippen molar-refractivity contribution in [3.63, 3.8) is 0 Å². The highest BCUT2D eigenvalue weighted by molar-refractivity contribution is 6.13. The lowest BCUT2D eigenvalue weighted by Gasteiger charge is -2.10. The van der Waals surface area contributed by atoms with Crippen molar-refractivity contribution in [2.24, 2.45) is 15.7 Å². The molecule has 0 spiro atoms. The Morgan fingerprint density at radius 1 is 0.857 bits per heavy atom. The normalized spacial score (nSPS) is 11.9. The van der Waals surface area contributed by atoms with E-state index in [1.54, 1.807) is 31.4 Å². The second kappa shape index (κ2) is 8.68. The molecule has 0 fully saturated rings. The van der Waals surface area contributed by atoms with Gasteiger partial charge in [-0.05, 0) is 24.3 Å². The fraction of sp³-hybridized carbons (Fsp3) is 0.0435. The van der Waals surface area contributed by atoms with Gasteiger partial charge in [0.2, 0.25) is 0 Å². The lowest BCUT2D eigenvalue weighted by Crippen LogP contribution is -2.16. The first kappa shape index (κ1) is 18.9. The minimum absolute atomic E-state index is 0.0553. The van der Waals surface area contributed by atoms with Crippen LogP contribution in [0.4, 0.5) is 0 Å². The Kier molecular flexibility index (Phi) is 5.87. The fourth-order valence-corrected chi connectivity index (χ4v) is 2.68. The highest BCUT2D eigenvalue weighted by atomic mass is 16.5. The molecule has 0 radical (unpaired) electrons. The van der Waals surface area contributed by atoms with Crippen LogP contribution in [-0.4, -0.2) is 23.9 Å². The molecule has 3 aromatic rings. The molecule has 0 bridgehead atoms. The number of benzene rings is 3. The average molecular weight is 371 g/mol. The van der Waals surface area contributed by atoms with E-state index in [0.29, 0.717) is 22.8 Å². The van der Waals surface area contributed by atoms with Crippen LogP contribution < -0.4 is 10.5 Å². The van der Waals surface area contributed by atoms with E-state index in [1.807, 2.05) is 54.6 Å². The van der Waals surface area contributed by atoms with E-state index in [4.69, 9.17) is 10.5 Å². The van der Waals surface area contributed by atoms with Crippen molar-refractivity contribution >= 4 is 17.4 Å². The van der Waals surface area contributed by atoms with Crippen LogP contribution in [-0.2, 0) is 0 Å². The number of phenols is 1. The van der Waals surface area contributed by atoms with E-state index in [2.05, 4.69) is 16.6 Å². The number of ether oxygens (including phenoxy) is 1. The first-order chi connectivity index (χ1) is 13.6. The minimum atomic E-state index is 0.0553. The number of phenolic OH excluding ortho intramolecular Hbond substituents is 1. The predicted octanol–water partition coefficient (Wildman–Crippen LogP) is 4.22. The van der Waals surface area contributed by atoms with Gasteiger partial charge in [-0.3, -0.25) is 0 Å². The molecule has 0 amide bonds. The number of rotatable bonds is 5. The van der Waals surface area contributed by atoms with Gasteiger partial charge < -0.3 is 15.6 Å². The maximum atomic E-state index is 10.1. The summed E-state index contributed by atoms with van der Waals surface area (Å²) in [7, 11) is 1.60. The lowest BCUT2D eigenvalue weighted by molar-refractivity contribution is 0.413. The Hall–Kier alpha value is -3.86. The Balaban J connectivity index is 2.08. The molecule has 3 rings (SSSR count). The molecule has 3 aromatic carbocycles. The Labute approximate surface area is 164 Å². The van der Waals surface area contributed by atoms with Crippen LogP contribution in [0.15, 0.2) is 95.4 Å². The van der Waals surface area contributed by atoms with Crippen LogP contribution in [0.1, 0.15) is 16.7 Å². The molecule has 0 aliphatic carbocycles. The van der Waals surface area contributed by atoms with Gasteiger partial charge in [0.15, 0.2) is 5.84 Å². The zero-order valence-corrected chi connectivity index (χ0v) is 15.5. The maximum Gasteiger partial charge on any atom is 0.162 e. The van der Waals surface area contributed by atoms with Crippen LogP contribution in [0.5, 0.6) is 11.5 Å².